The Kier molecular flexibility index (Phi) is 11.1. The second kappa shape index (κ2) is 15.4. The van der Waals surface area contributed by atoms with Gasteiger partial charge >= 0.3 is 0 Å². The van der Waals surface area contributed by atoms with Crippen molar-refractivity contribution in [1.82, 2.24) is 4.57 Å². The van der Waals surface area contributed by atoms with Gasteiger partial charge in [0.15, 0.2) is 0 Å². The average molecular weight is 558 g/mol. The molecule has 0 bridgehead atoms. The Morgan fingerprint density at radius 1 is 0.786 bits per heavy atom. The fraction of sp³-hybridized carbons (Fsp3) is 0.324. The zero-order valence-electron chi connectivity index (χ0n) is 24.7. The number of nitriles is 2. The zero-order valence-corrected chi connectivity index (χ0v) is 24.7. The van der Waals surface area contributed by atoms with E-state index in [1.54, 1.807) is 12.2 Å². The van der Waals surface area contributed by atoms with Gasteiger partial charge in [-0.25, -0.2) is 0 Å². The van der Waals surface area contributed by atoms with Crippen LogP contribution in [0, 0.1) is 22.7 Å². The lowest BCUT2D eigenvalue weighted by atomic mass is 10.0. The molecule has 2 aromatic carbocycles. The number of aromatic nitrogens is 1. The first-order chi connectivity index (χ1) is 20.6. The summed E-state index contributed by atoms with van der Waals surface area (Å²) in [7, 11) is 0. The summed E-state index contributed by atoms with van der Waals surface area (Å²) in [5, 5.41) is 21.0. The maximum absolute atomic E-state index is 11.6. The summed E-state index contributed by atoms with van der Waals surface area (Å²) in [6, 6.07) is 16.3. The smallest absolute Gasteiger partial charge is 0.150 e. The number of nitrogens with zero attached hydrogens (tertiary/aromatic N) is 3. The fourth-order valence-electron chi connectivity index (χ4n) is 5.38. The summed E-state index contributed by atoms with van der Waals surface area (Å²) in [5.41, 5.74) is 4.53. The molecule has 0 fully saturated rings. The van der Waals surface area contributed by atoms with E-state index in [9.17, 15) is 15.3 Å². The lowest BCUT2D eigenvalue weighted by Gasteiger charge is -2.14. The highest BCUT2D eigenvalue weighted by Crippen LogP contribution is 2.32. The highest BCUT2D eigenvalue weighted by molar-refractivity contribution is 6.10. The molecule has 5 nitrogen and oxygen atoms in total. The van der Waals surface area contributed by atoms with Crippen LogP contribution in [0.1, 0.15) is 87.6 Å². The van der Waals surface area contributed by atoms with Gasteiger partial charge in [-0.2, -0.15) is 10.5 Å². The summed E-state index contributed by atoms with van der Waals surface area (Å²) in [5.74, 6) is 1.13. The van der Waals surface area contributed by atoms with Crippen LogP contribution in [0.25, 0.3) is 27.9 Å². The molecular formula is C37H39N3O2. The van der Waals surface area contributed by atoms with Crippen molar-refractivity contribution in [3.63, 3.8) is 0 Å². The Morgan fingerprint density at radius 2 is 1.38 bits per heavy atom. The number of allylic oxidation sites excluding steroid dienone is 7. The van der Waals surface area contributed by atoms with Crippen LogP contribution in [-0.4, -0.2) is 10.9 Å². The molecule has 0 radical (unpaired) electrons. The number of aryl methyl sites for hydroxylation is 1. The number of fused-ring (bicyclic) bond motifs is 3. The summed E-state index contributed by atoms with van der Waals surface area (Å²) >= 11 is 0. The fourth-order valence-corrected chi connectivity index (χ4v) is 5.38. The number of hydrogen-bond acceptors (Lipinski definition) is 4. The van der Waals surface area contributed by atoms with Crippen molar-refractivity contribution >= 4 is 34.2 Å². The Bertz CT molecular complexity index is 1650. The van der Waals surface area contributed by atoms with Gasteiger partial charge < -0.3 is 9.30 Å². The van der Waals surface area contributed by atoms with E-state index in [0.717, 1.165) is 53.0 Å². The third-order valence-corrected chi connectivity index (χ3v) is 7.59. The number of aldehydes is 1. The molecule has 0 atom stereocenters. The normalized spacial score (nSPS) is 13.3. The van der Waals surface area contributed by atoms with Crippen molar-refractivity contribution in [2.75, 3.05) is 0 Å². The topological polar surface area (TPSA) is 78.8 Å². The van der Waals surface area contributed by atoms with Crippen molar-refractivity contribution in [3.8, 4) is 12.1 Å². The van der Waals surface area contributed by atoms with Crippen molar-refractivity contribution < 1.29 is 9.53 Å². The molecule has 5 heteroatoms. The van der Waals surface area contributed by atoms with Gasteiger partial charge in [-0.3, -0.25) is 4.79 Å². The first kappa shape index (κ1) is 30.4. The van der Waals surface area contributed by atoms with Crippen LogP contribution < -0.4 is 0 Å². The van der Waals surface area contributed by atoms with Gasteiger partial charge in [0.2, 0.25) is 0 Å². The number of ether oxygens (including phenoxy) is 1. The van der Waals surface area contributed by atoms with Crippen LogP contribution in [-0.2, 0) is 11.3 Å². The second-order valence-electron chi connectivity index (χ2n) is 10.7. The number of benzene rings is 2. The van der Waals surface area contributed by atoms with E-state index >= 15 is 0 Å². The van der Waals surface area contributed by atoms with Gasteiger partial charge in [-0.15, -0.1) is 0 Å². The van der Waals surface area contributed by atoms with Gasteiger partial charge in [0, 0.05) is 39.5 Å². The maximum atomic E-state index is 11.6. The minimum absolute atomic E-state index is 0.0447. The van der Waals surface area contributed by atoms with E-state index in [1.165, 1.54) is 44.9 Å². The Labute approximate surface area is 249 Å². The predicted octanol–water partition coefficient (Wildman–Crippen LogP) is 9.87. The second-order valence-corrected chi connectivity index (χ2v) is 10.7. The van der Waals surface area contributed by atoms with Gasteiger partial charge in [-0.1, -0.05) is 77.0 Å². The maximum Gasteiger partial charge on any atom is 0.150 e. The van der Waals surface area contributed by atoms with E-state index in [-0.39, 0.29) is 5.57 Å². The van der Waals surface area contributed by atoms with E-state index < -0.39 is 0 Å². The van der Waals surface area contributed by atoms with E-state index in [0.29, 0.717) is 22.7 Å². The Hall–Kier alpha value is -4.61. The van der Waals surface area contributed by atoms with Crippen LogP contribution in [0.3, 0.4) is 0 Å². The molecule has 0 unspecified atom stereocenters. The molecular weight excluding hydrogens is 518 g/mol. The molecule has 0 saturated carbocycles. The molecule has 0 amide bonds. The molecule has 0 spiro atoms. The van der Waals surface area contributed by atoms with E-state index in [1.807, 2.05) is 55.5 Å². The zero-order chi connectivity index (χ0) is 29.7. The SMILES string of the molecule is CCC=CC1=CC(=C(C#N)C#N)C=C(C=Cc2ccc3c(c2)c2cc(C=O)ccc2n3CCCCCCCCCC)O1. The summed E-state index contributed by atoms with van der Waals surface area (Å²) in [4.78, 5) is 11.6. The van der Waals surface area contributed by atoms with Crippen LogP contribution in [0.5, 0.6) is 0 Å². The molecule has 0 N–H and O–H groups in total. The van der Waals surface area contributed by atoms with Crippen LogP contribution in [0.4, 0.5) is 0 Å². The van der Waals surface area contributed by atoms with Crippen molar-refractivity contribution in [3.05, 3.63) is 101 Å². The number of hydrogen-bond donors (Lipinski definition) is 0. The minimum Gasteiger partial charge on any atom is -0.457 e. The number of carbonyl (C=O) groups is 1. The minimum atomic E-state index is 0.0447. The molecule has 1 aliphatic heterocycles. The van der Waals surface area contributed by atoms with Gasteiger partial charge in [-0.05, 0) is 73.0 Å². The quantitative estimate of drug-likeness (QED) is 0.112. The standard InChI is InChI=1S/C37H39N3O2/c1-3-5-7-8-9-10-11-12-20-40-36-18-15-28(21-34(36)35-22-29(27-41)16-19-37(35)40)14-17-33-24-30(31(25-38)26-39)23-32(42-33)13-6-4-2/h6,13-19,21-24,27H,3-5,7-12,20H2,1-2H3. The molecule has 4 rings (SSSR count). The molecule has 1 aliphatic rings. The highest BCUT2D eigenvalue weighted by atomic mass is 16.5. The first-order valence-electron chi connectivity index (χ1n) is 15.1. The van der Waals surface area contributed by atoms with Crippen LogP contribution >= 0.6 is 0 Å². The van der Waals surface area contributed by atoms with Crippen LogP contribution in [0.15, 0.2) is 89.4 Å². The van der Waals surface area contributed by atoms with Crippen LogP contribution in [0.2, 0.25) is 0 Å². The van der Waals surface area contributed by atoms with Gasteiger partial charge in [0.25, 0.3) is 0 Å². The first-order valence-corrected chi connectivity index (χ1v) is 15.1. The number of rotatable bonds is 14. The van der Waals surface area contributed by atoms with Crippen molar-refractivity contribution in [1.29, 1.82) is 10.5 Å². The summed E-state index contributed by atoms with van der Waals surface area (Å²) in [6.45, 7) is 5.23. The Balaban J connectivity index is 1.60. The lowest BCUT2D eigenvalue weighted by molar-refractivity contribution is 0.112. The van der Waals surface area contributed by atoms with Gasteiger partial charge in [0.1, 0.15) is 35.5 Å². The molecule has 0 aliphatic carbocycles. The third kappa shape index (κ3) is 7.56. The molecule has 2 heterocycles. The number of unbranched alkanes of at least 4 members (excludes halogenated alkanes) is 7. The van der Waals surface area contributed by atoms with Crippen molar-refractivity contribution in [2.45, 2.75) is 78.2 Å². The summed E-state index contributed by atoms with van der Waals surface area (Å²) < 4.78 is 8.40. The molecule has 1 aromatic heterocycles. The monoisotopic (exact) mass is 557 g/mol. The van der Waals surface area contributed by atoms with Crippen molar-refractivity contribution in [2.24, 2.45) is 0 Å². The largest absolute Gasteiger partial charge is 0.457 e. The lowest BCUT2D eigenvalue weighted by Crippen LogP contribution is -1.98. The van der Waals surface area contributed by atoms with Gasteiger partial charge in [0.05, 0.1) is 0 Å². The average Bonchev–Trinajstić information content (AvgIpc) is 3.32. The molecule has 3 aromatic rings. The summed E-state index contributed by atoms with van der Waals surface area (Å²) in [6.07, 6.45) is 23.0. The molecule has 42 heavy (non-hydrogen) atoms. The third-order valence-electron chi connectivity index (χ3n) is 7.59. The highest BCUT2D eigenvalue weighted by Gasteiger charge is 2.14. The molecule has 0 saturated heterocycles. The predicted molar refractivity (Wildman–Crippen MR) is 171 cm³/mol. The molecule has 214 valence electrons. The van der Waals surface area contributed by atoms with E-state index in [2.05, 4.69) is 35.8 Å². The Morgan fingerprint density at radius 3 is 2.00 bits per heavy atom. The number of carbonyl (C=O) groups excluding carboxylic acids is 1. The van der Waals surface area contributed by atoms with E-state index in [4.69, 9.17) is 4.74 Å².